The number of carbonyl (C=O) groups excluding carboxylic acids is 2. The summed E-state index contributed by atoms with van der Waals surface area (Å²) >= 11 is 0. The number of carbonyl (C=O) groups is 2. The third-order valence-electron chi connectivity index (χ3n) is 17.1. The maximum atomic E-state index is 12.8. The molecule has 2 aliphatic rings. The lowest BCUT2D eigenvalue weighted by molar-refractivity contribution is 0.0510. The van der Waals surface area contributed by atoms with Crippen LogP contribution in [0.5, 0.6) is 0 Å². The first kappa shape index (κ1) is 52.1. The van der Waals surface area contributed by atoms with Crippen molar-refractivity contribution in [2.75, 3.05) is 13.2 Å². The lowest BCUT2D eigenvalue weighted by Gasteiger charge is -2.02. The van der Waals surface area contributed by atoms with Gasteiger partial charge in [-0.1, -0.05) is 0 Å². The SMILES string of the molecule is CCOC(=O)c1[nH]c(C2=N/C(=c3\[nH]/c(=C\c4[nH]c(C5=N/C(=c6/[nH]/c(=C\c7[nH]c(-c8[nH]c(-c9[nH]c(C(=O)OCC)c(C)c9C)c(C)c8C)c(C)c7C)c(C)c6C)C(C)=C5C)c(C)c4C)c(C)c3C)C(C)=C2C)c(C)c1C. The second-order valence-corrected chi connectivity index (χ2v) is 20.9. The van der Waals surface area contributed by atoms with Crippen molar-refractivity contribution in [1.82, 2.24) is 34.9 Å². The summed E-state index contributed by atoms with van der Waals surface area (Å²) in [5, 5.41) is 4.03. The molecule has 7 aromatic rings. The second-order valence-electron chi connectivity index (χ2n) is 20.9. The van der Waals surface area contributed by atoms with Crippen molar-refractivity contribution in [2.24, 2.45) is 9.98 Å². The van der Waals surface area contributed by atoms with Gasteiger partial charge in [0, 0.05) is 22.1 Å². The van der Waals surface area contributed by atoms with Crippen LogP contribution in [0.4, 0.5) is 0 Å². The predicted octanol–water partition coefficient (Wildman–Crippen LogP) is 10.5. The minimum atomic E-state index is -0.356. The van der Waals surface area contributed by atoms with Gasteiger partial charge < -0.3 is 44.4 Å². The van der Waals surface area contributed by atoms with Gasteiger partial charge in [-0.05, 0) is 251 Å². The van der Waals surface area contributed by atoms with Crippen molar-refractivity contribution in [1.29, 1.82) is 0 Å². The zero-order valence-corrected chi connectivity index (χ0v) is 47.6. The first-order chi connectivity index (χ1) is 35.4. The van der Waals surface area contributed by atoms with Gasteiger partial charge in [0.2, 0.25) is 0 Å². The molecule has 13 heteroatoms. The lowest BCUT2D eigenvalue weighted by atomic mass is 10.0. The van der Waals surface area contributed by atoms with Crippen LogP contribution in [0.2, 0.25) is 0 Å². The summed E-state index contributed by atoms with van der Waals surface area (Å²) in [6, 6.07) is 0. The number of nitrogens with one attached hydrogen (secondary N) is 7. The van der Waals surface area contributed by atoms with Gasteiger partial charge >= 0.3 is 11.9 Å². The van der Waals surface area contributed by atoms with Crippen LogP contribution in [0.25, 0.3) is 46.3 Å². The molecule has 0 spiro atoms. The quantitative estimate of drug-likeness (QED) is 0.0673. The number of ether oxygens (including phenoxy) is 2. The Labute approximate surface area is 439 Å². The van der Waals surface area contributed by atoms with E-state index in [2.05, 4.69) is 144 Å². The molecule has 390 valence electrons. The zero-order valence-electron chi connectivity index (χ0n) is 47.6. The van der Waals surface area contributed by atoms with E-state index >= 15 is 0 Å². The largest absolute Gasteiger partial charge is 0.461 e. The smallest absolute Gasteiger partial charge is 0.355 e. The van der Waals surface area contributed by atoms with Crippen molar-refractivity contribution in [3.63, 3.8) is 0 Å². The van der Waals surface area contributed by atoms with Crippen LogP contribution in [-0.4, -0.2) is 71.5 Å². The summed E-state index contributed by atoms with van der Waals surface area (Å²) in [6.45, 7) is 42.4. The van der Waals surface area contributed by atoms with Crippen LogP contribution in [0.1, 0.15) is 163 Å². The molecular formula is C62H73N9O4. The molecule has 13 nitrogen and oxygen atoms in total. The molecule has 0 saturated heterocycles. The molecule has 7 aromatic heterocycles. The Balaban J connectivity index is 1.07. The van der Waals surface area contributed by atoms with Gasteiger partial charge in [0.05, 0.1) is 80.9 Å². The van der Waals surface area contributed by atoms with Gasteiger partial charge in [-0.15, -0.1) is 0 Å². The molecule has 0 saturated carbocycles. The molecule has 0 unspecified atom stereocenters. The number of hydrogen-bond acceptors (Lipinski definition) is 6. The van der Waals surface area contributed by atoms with Crippen molar-refractivity contribution in [3.05, 3.63) is 156 Å². The van der Waals surface area contributed by atoms with Crippen LogP contribution in [0.3, 0.4) is 0 Å². The number of aromatic nitrogens is 7. The molecule has 0 atom stereocenters. The summed E-state index contributed by atoms with van der Waals surface area (Å²) < 4.78 is 10.7. The molecule has 0 amide bonds. The van der Waals surface area contributed by atoms with Crippen LogP contribution in [0, 0.1) is 96.9 Å². The van der Waals surface area contributed by atoms with Crippen LogP contribution in [0.15, 0.2) is 32.3 Å². The predicted molar refractivity (Wildman–Crippen MR) is 304 cm³/mol. The fourth-order valence-corrected chi connectivity index (χ4v) is 10.8. The van der Waals surface area contributed by atoms with E-state index in [0.717, 1.165) is 173 Å². The van der Waals surface area contributed by atoms with Gasteiger partial charge in [-0.25, -0.2) is 19.6 Å². The Morgan fingerprint density at radius 3 is 1.11 bits per heavy atom. The Morgan fingerprint density at radius 1 is 0.360 bits per heavy atom. The molecule has 7 N–H and O–H groups in total. The lowest BCUT2D eigenvalue weighted by Crippen LogP contribution is -2.14. The number of nitrogens with zero attached hydrogens (tertiary/aromatic N) is 2. The van der Waals surface area contributed by atoms with Gasteiger partial charge in [-0.2, -0.15) is 0 Å². The number of rotatable bonds is 10. The highest BCUT2D eigenvalue weighted by Gasteiger charge is 2.29. The molecule has 0 fully saturated rings. The van der Waals surface area contributed by atoms with E-state index in [4.69, 9.17) is 19.5 Å². The molecule has 2 aliphatic heterocycles. The highest BCUT2D eigenvalue weighted by molar-refractivity contribution is 6.19. The molecule has 0 bridgehead atoms. The van der Waals surface area contributed by atoms with Crippen LogP contribution >= 0.6 is 0 Å². The number of aliphatic imine (C=N–C) groups is 2. The molecule has 0 aromatic carbocycles. The number of allylic oxidation sites excluding steroid dienone is 2. The van der Waals surface area contributed by atoms with Crippen molar-refractivity contribution < 1.29 is 19.1 Å². The first-order valence-electron chi connectivity index (χ1n) is 26.1. The van der Waals surface area contributed by atoms with Gasteiger partial charge in [-0.3, -0.25) is 0 Å². The number of hydrogen-bond donors (Lipinski definition) is 7. The van der Waals surface area contributed by atoms with Gasteiger partial charge in [0.1, 0.15) is 11.4 Å². The normalized spacial score (nSPS) is 15.9. The topological polar surface area (TPSA) is 188 Å². The third-order valence-corrected chi connectivity index (χ3v) is 17.1. The van der Waals surface area contributed by atoms with E-state index in [1.807, 2.05) is 41.5 Å². The summed E-state index contributed by atoms with van der Waals surface area (Å²) in [4.78, 5) is 61.9. The van der Waals surface area contributed by atoms with E-state index in [1.165, 1.54) is 16.7 Å². The highest BCUT2D eigenvalue weighted by Crippen LogP contribution is 2.38. The summed E-state index contributed by atoms with van der Waals surface area (Å²) in [5.74, 6) is -0.699. The minimum absolute atomic E-state index is 0.311. The van der Waals surface area contributed by atoms with Crippen molar-refractivity contribution in [2.45, 2.75) is 138 Å². The standard InChI is InChI=1S/C62H73N9O4/c1-21-74-61(72)59-41(19)39(17)57(70-59)55-37(15)35(13)53(68-55)49-31(9)27(5)45(65-49)23-43-25(3)29(7)47(63-43)51-33(11)34(12)52(67-51)48-30(8)26(4)44(64-48)24-46-28(6)32(10)50(66-46)54-36(14)38(16)56(69-54)58-40(18)42(20)60(71-58)62(73)75-22-2/h23-24,63-66,68,70-71H,21-22H2,1-20H3/b43-23-,46-24-,51-47+,54-50-. The first-order valence-corrected chi connectivity index (χ1v) is 26.1. The summed E-state index contributed by atoms with van der Waals surface area (Å²) in [5.41, 5.74) is 32.1. The molecule has 0 aliphatic carbocycles. The monoisotopic (exact) mass is 1010 g/mol. The third kappa shape index (κ3) is 8.22. The Kier molecular flexibility index (Phi) is 13.3. The maximum Gasteiger partial charge on any atom is 0.355 e. The van der Waals surface area contributed by atoms with E-state index in [0.29, 0.717) is 24.6 Å². The molecule has 0 radical (unpaired) electrons. The van der Waals surface area contributed by atoms with E-state index < -0.39 is 0 Å². The Bertz CT molecular complexity index is 4030. The van der Waals surface area contributed by atoms with Crippen molar-refractivity contribution in [3.8, 4) is 22.8 Å². The Hall–Kier alpha value is -7.80. The number of H-pyrrole nitrogens is 7. The van der Waals surface area contributed by atoms with Gasteiger partial charge in [0.25, 0.3) is 0 Å². The van der Waals surface area contributed by atoms with Gasteiger partial charge in [0.15, 0.2) is 0 Å². The highest BCUT2D eigenvalue weighted by atomic mass is 16.5. The fraction of sp³-hybridized carbons (Fsp3) is 0.355. The number of esters is 2. The average molecular weight is 1010 g/mol. The fourth-order valence-electron chi connectivity index (χ4n) is 10.8. The van der Waals surface area contributed by atoms with Crippen molar-refractivity contribution >= 4 is 46.9 Å². The van der Waals surface area contributed by atoms with E-state index in [9.17, 15) is 9.59 Å². The second kappa shape index (κ2) is 19.2. The van der Waals surface area contributed by atoms with Crippen LogP contribution in [-0.2, 0) is 9.47 Å². The molecule has 75 heavy (non-hydrogen) atoms. The molecule has 9 heterocycles. The zero-order chi connectivity index (χ0) is 54.5. The summed E-state index contributed by atoms with van der Waals surface area (Å²) in [7, 11) is 0. The maximum absolute atomic E-state index is 12.8. The molecule has 9 rings (SSSR count). The average Bonchev–Trinajstić information content (AvgIpc) is 4.28. The van der Waals surface area contributed by atoms with Crippen LogP contribution < -0.4 is 21.4 Å². The van der Waals surface area contributed by atoms with E-state index in [-0.39, 0.29) is 11.9 Å². The minimum Gasteiger partial charge on any atom is -0.461 e. The molecular weight excluding hydrogens is 935 g/mol. The number of aromatic amines is 7. The summed E-state index contributed by atoms with van der Waals surface area (Å²) in [6.07, 6.45) is 4.43. The Morgan fingerprint density at radius 2 is 0.680 bits per heavy atom. The van der Waals surface area contributed by atoms with E-state index in [1.54, 1.807) is 0 Å².